The summed E-state index contributed by atoms with van der Waals surface area (Å²) in [7, 11) is -1.66. The van der Waals surface area contributed by atoms with Crippen molar-refractivity contribution in [3.63, 3.8) is 0 Å². The highest BCUT2D eigenvalue weighted by molar-refractivity contribution is 14.0. The summed E-state index contributed by atoms with van der Waals surface area (Å²) in [5, 5.41) is 6.62. The minimum Gasteiger partial charge on any atom is -0.372 e. The van der Waals surface area contributed by atoms with Crippen LogP contribution in [-0.2, 0) is 16.6 Å². The number of halogens is 1. The predicted molar refractivity (Wildman–Crippen MR) is 142 cm³/mol. The van der Waals surface area contributed by atoms with Crippen LogP contribution in [-0.4, -0.2) is 47.1 Å². The summed E-state index contributed by atoms with van der Waals surface area (Å²) < 4.78 is 27.2. The van der Waals surface area contributed by atoms with Crippen molar-refractivity contribution in [2.24, 2.45) is 4.99 Å². The fourth-order valence-corrected chi connectivity index (χ4v) is 4.57. The van der Waals surface area contributed by atoms with Crippen LogP contribution >= 0.6 is 24.0 Å². The summed E-state index contributed by atoms with van der Waals surface area (Å²) in [4.78, 5) is 6.93. The molecule has 3 N–H and O–H groups in total. The maximum absolute atomic E-state index is 12.3. The number of nitrogens with one attached hydrogen (secondary N) is 3. The van der Waals surface area contributed by atoms with E-state index >= 15 is 0 Å². The fourth-order valence-electron chi connectivity index (χ4n) is 3.27. The molecule has 1 aliphatic rings. The highest BCUT2D eigenvalue weighted by atomic mass is 127. The maximum Gasteiger partial charge on any atom is 0.240 e. The molecular formula is C23H34IN5O2S. The molecule has 2 aromatic carbocycles. The van der Waals surface area contributed by atoms with Gasteiger partial charge in [-0.25, -0.2) is 13.1 Å². The van der Waals surface area contributed by atoms with Crippen LogP contribution in [0.1, 0.15) is 31.7 Å². The number of hydrogen-bond acceptors (Lipinski definition) is 4. The molecule has 176 valence electrons. The summed E-state index contributed by atoms with van der Waals surface area (Å²) in [6.45, 7) is 5.49. The van der Waals surface area contributed by atoms with Crippen LogP contribution in [0.2, 0.25) is 0 Å². The summed E-state index contributed by atoms with van der Waals surface area (Å²) in [6, 6.07) is 17.5. The van der Waals surface area contributed by atoms with Crippen molar-refractivity contribution in [1.29, 1.82) is 0 Å². The number of benzene rings is 2. The normalized spacial score (nSPS) is 13.9. The van der Waals surface area contributed by atoms with E-state index < -0.39 is 10.0 Å². The van der Waals surface area contributed by atoms with Crippen LogP contribution in [0.25, 0.3) is 0 Å². The molecule has 0 spiro atoms. The first-order chi connectivity index (χ1) is 15.0. The van der Waals surface area contributed by atoms with E-state index in [1.807, 2.05) is 18.2 Å². The van der Waals surface area contributed by atoms with E-state index in [1.165, 1.54) is 5.69 Å². The van der Waals surface area contributed by atoms with Gasteiger partial charge in [0.25, 0.3) is 0 Å². The Hall–Kier alpha value is -1.85. The average Bonchev–Trinajstić information content (AvgIpc) is 3.60. The Morgan fingerprint density at radius 1 is 1.06 bits per heavy atom. The zero-order valence-corrected chi connectivity index (χ0v) is 21.9. The van der Waals surface area contributed by atoms with Gasteiger partial charge >= 0.3 is 0 Å². The first-order valence-electron chi connectivity index (χ1n) is 10.9. The van der Waals surface area contributed by atoms with Crippen molar-refractivity contribution < 1.29 is 8.42 Å². The Bertz CT molecular complexity index is 948. The van der Waals surface area contributed by atoms with Gasteiger partial charge in [0.2, 0.25) is 10.0 Å². The van der Waals surface area contributed by atoms with Gasteiger partial charge in [0.15, 0.2) is 5.96 Å². The summed E-state index contributed by atoms with van der Waals surface area (Å²) in [5.74, 6) is 0.731. The topological polar surface area (TPSA) is 85.8 Å². The molecule has 9 heteroatoms. The molecule has 3 rings (SSSR count). The van der Waals surface area contributed by atoms with Gasteiger partial charge in [-0.1, -0.05) is 30.3 Å². The van der Waals surface area contributed by atoms with Crippen molar-refractivity contribution in [3.8, 4) is 0 Å². The monoisotopic (exact) mass is 571 g/mol. The van der Waals surface area contributed by atoms with E-state index in [4.69, 9.17) is 0 Å². The molecule has 0 saturated heterocycles. The number of nitrogens with zero attached hydrogens (tertiary/aromatic N) is 2. The van der Waals surface area contributed by atoms with Crippen LogP contribution in [0, 0.1) is 0 Å². The van der Waals surface area contributed by atoms with Crippen LogP contribution in [0.4, 0.5) is 5.69 Å². The van der Waals surface area contributed by atoms with Crippen LogP contribution in [0.5, 0.6) is 0 Å². The highest BCUT2D eigenvalue weighted by Crippen LogP contribution is 2.22. The van der Waals surface area contributed by atoms with Crippen molar-refractivity contribution in [2.75, 3.05) is 31.6 Å². The molecule has 32 heavy (non-hydrogen) atoms. The minimum absolute atomic E-state index is 0. The minimum atomic E-state index is -3.40. The standard InChI is InChI=1S/C23H33N5O2S.HI/c1-3-28(21-8-5-4-6-9-21)17-7-16-25-23(24-2)26-18-19-10-14-22(15-11-19)31(29,30)27-20-12-13-20;/h4-6,8-11,14-15,20,27H,3,7,12-13,16-18H2,1-2H3,(H2,24,25,26);1H. The highest BCUT2D eigenvalue weighted by Gasteiger charge is 2.27. The molecule has 1 aliphatic carbocycles. The molecule has 2 aromatic rings. The van der Waals surface area contributed by atoms with Gasteiger partial charge in [-0.2, -0.15) is 0 Å². The summed E-state index contributed by atoms with van der Waals surface area (Å²) in [6.07, 6.45) is 2.84. The molecule has 1 saturated carbocycles. The Morgan fingerprint density at radius 2 is 1.75 bits per heavy atom. The first kappa shape index (κ1) is 26.4. The van der Waals surface area contributed by atoms with Crippen LogP contribution in [0.3, 0.4) is 0 Å². The largest absolute Gasteiger partial charge is 0.372 e. The van der Waals surface area contributed by atoms with Gasteiger partial charge < -0.3 is 15.5 Å². The van der Waals surface area contributed by atoms with Gasteiger partial charge in [0, 0.05) is 45.0 Å². The Kier molecular flexibility index (Phi) is 10.7. The fraction of sp³-hybridized carbons (Fsp3) is 0.435. The molecule has 0 bridgehead atoms. The zero-order chi connectivity index (χ0) is 22.1. The van der Waals surface area contributed by atoms with E-state index in [2.05, 4.69) is 56.4 Å². The molecule has 1 fully saturated rings. The second-order valence-electron chi connectivity index (χ2n) is 7.66. The Morgan fingerprint density at radius 3 is 2.34 bits per heavy atom. The molecule has 7 nitrogen and oxygen atoms in total. The third kappa shape index (κ3) is 8.25. The van der Waals surface area contributed by atoms with E-state index in [0.29, 0.717) is 11.4 Å². The van der Waals surface area contributed by atoms with Crippen LogP contribution in [0.15, 0.2) is 64.5 Å². The second kappa shape index (κ2) is 13.0. The second-order valence-corrected chi connectivity index (χ2v) is 9.37. The van der Waals surface area contributed by atoms with E-state index in [9.17, 15) is 8.42 Å². The van der Waals surface area contributed by atoms with E-state index in [0.717, 1.165) is 50.4 Å². The quantitative estimate of drug-likeness (QED) is 0.167. The van der Waals surface area contributed by atoms with Crippen molar-refractivity contribution in [1.82, 2.24) is 15.4 Å². The first-order valence-corrected chi connectivity index (χ1v) is 12.4. The SMILES string of the molecule is CCN(CCCNC(=NC)NCc1ccc(S(=O)(=O)NC2CC2)cc1)c1ccccc1.I. The van der Waals surface area contributed by atoms with Crippen LogP contribution < -0.4 is 20.3 Å². The number of guanidine groups is 1. The summed E-state index contributed by atoms with van der Waals surface area (Å²) in [5.41, 5.74) is 2.24. The maximum atomic E-state index is 12.3. The number of anilines is 1. The number of para-hydroxylation sites is 1. The summed E-state index contributed by atoms with van der Waals surface area (Å²) >= 11 is 0. The van der Waals surface area contributed by atoms with Crippen molar-refractivity contribution in [3.05, 3.63) is 60.2 Å². The van der Waals surface area contributed by atoms with E-state index in [1.54, 1.807) is 19.2 Å². The van der Waals surface area contributed by atoms with Gasteiger partial charge in [-0.15, -0.1) is 24.0 Å². The predicted octanol–water partition coefficient (Wildman–Crippen LogP) is 3.33. The zero-order valence-electron chi connectivity index (χ0n) is 18.8. The Balaban J connectivity index is 0.00000363. The third-order valence-corrected chi connectivity index (χ3v) is 6.75. The molecule has 0 aromatic heterocycles. The lowest BCUT2D eigenvalue weighted by Gasteiger charge is -2.23. The van der Waals surface area contributed by atoms with Crippen molar-refractivity contribution >= 4 is 45.6 Å². The molecule has 0 radical (unpaired) electrons. The number of aliphatic imine (C=N–C) groups is 1. The molecule has 0 aliphatic heterocycles. The molecule has 0 unspecified atom stereocenters. The lowest BCUT2D eigenvalue weighted by Crippen LogP contribution is -2.38. The molecule has 0 heterocycles. The molecular weight excluding hydrogens is 537 g/mol. The lowest BCUT2D eigenvalue weighted by atomic mass is 10.2. The number of rotatable bonds is 11. The lowest BCUT2D eigenvalue weighted by molar-refractivity contribution is 0.581. The number of sulfonamides is 1. The van der Waals surface area contributed by atoms with Crippen molar-refractivity contribution in [2.45, 2.75) is 43.7 Å². The van der Waals surface area contributed by atoms with Gasteiger partial charge in [-0.3, -0.25) is 4.99 Å². The van der Waals surface area contributed by atoms with E-state index in [-0.39, 0.29) is 30.0 Å². The third-order valence-electron chi connectivity index (χ3n) is 5.22. The average molecular weight is 572 g/mol. The van der Waals surface area contributed by atoms with Gasteiger partial charge in [0.05, 0.1) is 4.90 Å². The molecule has 0 amide bonds. The number of hydrogen-bond donors (Lipinski definition) is 3. The smallest absolute Gasteiger partial charge is 0.240 e. The molecule has 0 atom stereocenters. The van der Waals surface area contributed by atoms with Gasteiger partial charge in [-0.05, 0) is 56.0 Å². The van der Waals surface area contributed by atoms with Gasteiger partial charge in [0.1, 0.15) is 0 Å². The Labute approximate surface area is 209 Å².